The second kappa shape index (κ2) is 3.37. The van der Waals surface area contributed by atoms with Gasteiger partial charge in [-0.1, -0.05) is 12.5 Å². The molecule has 0 unspecified atom stereocenters. The predicted octanol–water partition coefficient (Wildman–Crippen LogP) is 3.59. The molecule has 2 fully saturated rings. The Hall–Kier alpha value is -0.250. The van der Waals surface area contributed by atoms with E-state index in [0.717, 1.165) is 5.41 Å². The van der Waals surface area contributed by atoms with E-state index in [4.69, 9.17) is 0 Å². The maximum Gasteiger partial charge on any atom is 0.0406 e. The fraction of sp³-hybridized carbons (Fsp3) is 0.538. The van der Waals surface area contributed by atoms with Gasteiger partial charge in [-0.05, 0) is 60.1 Å². The van der Waals surface area contributed by atoms with Gasteiger partial charge in [0.15, 0.2) is 0 Å². The van der Waals surface area contributed by atoms with Crippen LogP contribution in [-0.4, -0.2) is 13.1 Å². The molecule has 1 spiro atoms. The molecule has 0 bridgehead atoms. The van der Waals surface area contributed by atoms with Crippen molar-refractivity contribution in [3.63, 3.8) is 0 Å². The number of nitrogens with zero attached hydrogens (tertiary/aromatic N) is 1. The van der Waals surface area contributed by atoms with Gasteiger partial charge in [0.05, 0.1) is 0 Å². The number of halogens is 1. The van der Waals surface area contributed by atoms with E-state index in [1.807, 2.05) is 0 Å². The van der Waals surface area contributed by atoms with Gasteiger partial charge >= 0.3 is 0 Å². The van der Waals surface area contributed by atoms with Crippen molar-refractivity contribution in [2.24, 2.45) is 5.41 Å². The van der Waals surface area contributed by atoms with Crippen LogP contribution in [-0.2, 0) is 0 Å². The summed E-state index contributed by atoms with van der Waals surface area (Å²) in [5, 5.41) is 0. The summed E-state index contributed by atoms with van der Waals surface area (Å²) in [5.74, 6) is 0. The van der Waals surface area contributed by atoms with Crippen LogP contribution < -0.4 is 4.90 Å². The molecular weight excluding hydrogens is 297 g/mol. The number of anilines is 1. The fourth-order valence-electron chi connectivity index (χ4n) is 2.85. The van der Waals surface area contributed by atoms with Crippen molar-refractivity contribution in [3.8, 4) is 0 Å². The van der Waals surface area contributed by atoms with E-state index in [0.29, 0.717) is 0 Å². The SMILES string of the molecule is Cc1ccc(I)cc1N1CC2(CCC2)C1. The first kappa shape index (κ1) is 9.94. The summed E-state index contributed by atoms with van der Waals surface area (Å²) in [6.07, 6.45) is 4.39. The molecule has 1 aromatic rings. The van der Waals surface area contributed by atoms with Crippen molar-refractivity contribution in [1.82, 2.24) is 0 Å². The van der Waals surface area contributed by atoms with Gasteiger partial charge in [-0.25, -0.2) is 0 Å². The van der Waals surface area contributed by atoms with Crippen LogP contribution in [0, 0.1) is 15.9 Å². The first-order chi connectivity index (χ1) is 7.19. The Bertz CT molecular complexity index is 388. The van der Waals surface area contributed by atoms with Gasteiger partial charge in [0.25, 0.3) is 0 Å². The molecule has 3 rings (SSSR count). The van der Waals surface area contributed by atoms with Crippen LogP contribution in [0.1, 0.15) is 24.8 Å². The Morgan fingerprint density at radius 3 is 2.60 bits per heavy atom. The normalized spacial score (nSPS) is 22.4. The maximum absolute atomic E-state index is 2.55. The van der Waals surface area contributed by atoms with E-state index in [9.17, 15) is 0 Å². The Morgan fingerprint density at radius 2 is 2.00 bits per heavy atom. The molecule has 15 heavy (non-hydrogen) atoms. The first-order valence-electron chi connectivity index (χ1n) is 5.70. The molecule has 1 heterocycles. The van der Waals surface area contributed by atoms with Crippen LogP contribution in [0.25, 0.3) is 0 Å². The topological polar surface area (TPSA) is 3.24 Å². The molecule has 1 aromatic carbocycles. The highest BCUT2D eigenvalue weighted by Crippen LogP contribution is 2.49. The quantitative estimate of drug-likeness (QED) is 0.716. The molecule has 1 saturated carbocycles. The number of benzene rings is 1. The average Bonchev–Trinajstić information content (AvgIpc) is 2.06. The third-order valence-corrected chi connectivity index (χ3v) is 4.65. The molecule has 1 aliphatic heterocycles. The Morgan fingerprint density at radius 1 is 1.27 bits per heavy atom. The van der Waals surface area contributed by atoms with Gasteiger partial charge in [-0.15, -0.1) is 0 Å². The van der Waals surface area contributed by atoms with Crippen LogP contribution >= 0.6 is 22.6 Å². The number of aryl methyl sites for hydroxylation is 1. The Balaban J connectivity index is 1.80. The van der Waals surface area contributed by atoms with Crippen molar-refractivity contribution < 1.29 is 0 Å². The molecular formula is C13H16IN. The monoisotopic (exact) mass is 313 g/mol. The van der Waals surface area contributed by atoms with Gasteiger partial charge in [-0.2, -0.15) is 0 Å². The molecule has 0 aromatic heterocycles. The zero-order valence-electron chi connectivity index (χ0n) is 9.09. The Labute approximate surface area is 105 Å². The molecule has 80 valence electrons. The summed E-state index contributed by atoms with van der Waals surface area (Å²) in [7, 11) is 0. The molecule has 0 amide bonds. The third-order valence-electron chi connectivity index (χ3n) is 3.98. The van der Waals surface area contributed by atoms with Crippen molar-refractivity contribution >= 4 is 28.3 Å². The van der Waals surface area contributed by atoms with E-state index >= 15 is 0 Å². The molecule has 2 aliphatic rings. The van der Waals surface area contributed by atoms with Crippen LogP contribution in [0.3, 0.4) is 0 Å². The van der Waals surface area contributed by atoms with Crippen LogP contribution in [0.4, 0.5) is 5.69 Å². The van der Waals surface area contributed by atoms with Crippen LogP contribution in [0.2, 0.25) is 0 Å². The van der Waals surface area contributed by atoms with E-state index in [1.165, 1.54) is 47.2 Å². The number of rotatable bonds is 1. The highest BCUT2D eigenvalue weighted by atomic mass is 127. The van der Waals surface area contributed by atoms with E-state index in [1.54, 1.807) is 0 Å². The molecule has 2 heteroatoms. The summed E-state index contributed by atoms with van der Waals surface area (Å²) < 4.78 is 1.35. The zero-order chi connectivity index (χ0) is 10.5. The summed E-state index contributed by atoms with van der Waals surface area (Å²) in [5.41, 5.74) is 3.61. The fourth-order valence-corrected chi connectivity index (χ4v) is 3.32. The molecule has 1 nitrogen and oxygen atoms in total. The lowest BCUT2D eigenvalue weighted by molar-refractivity contribution is 0.0903. The van der Waals surface area contributed by atoms with Gasteiger partial charge < -0.3 is 4.90 Å². The van der Waals surface area contributed by atoms with Gasteiger partial charge in [0.1, 0.15) is 0 Å². The minimum absolute atomic E-state index is 0.730. The number of hydrogen-bond acceptors (Lipinski definition) is 1. The van der Waals surface area contributed by atoms with E-state index in [-0.39, 0.29) is 0 Å². The van der Waals surface area contributed by atoms with Gasteiger partial charge in [0.2, 0.25) is 0 Å². The van der Waals surface area contributed by atoms with E-state index < -0.39 is 0 Å². The maximum atomic E-state index is 2.55. The van der Waals surface area contributed by atoms with Crippen molar-refractivity contribution in [1.29, 1.82) is 0 Å². The summed E-state index contributed by atoms with van der Waals surface area (Å²) in [4.78, 5) is 2.55. The van der Waals surface area contributed by atoms with Gasteiger partial charge in [0, 0.05) is 27.8 Å². The minimum Gasteiger partial charge on any atom is -0.370 e. The zero-order valence-corrected chi connectivity index (χ0v) is 11.3. The van der Waals surface area contributed by atoms with Crippen molar-refractivity contribution in [2.45, 2.75) is 26.2 Å². The highest BCUT2D eigenvalue weighted by molar-refractivity contribution is 14.1. The summed E-state index contributed by atoms with van der Waals surface area (Å²) in [6.45, 7) is 4.82. The second-order valence-corrected chi connectivity index (χ2v) is 6.39. The molecule has 0 atom stereocenters. The highest BCUT2D eigenvalue weighted by Gasteiger charge is 2.47. The van der Waals surface area contributed by atoms with Crippen LogP contribution in [0.15, 0.2) is 18.2 Å². The lowest BCUT2D eigenvalue weighted by Crippen LogP contribution is -2.60. The summed E-state index contributed by atoms with van der Waals surface area (Å²) >= 11 is 2.40. The molecule has 1 saturated heterocycles. The molecule has 0 N–H and O–H groups in total. The average molecular weight is 313 g/mol. The predicted molar refractivity (Wildman–Crippen MR) is 72.4 cm³/mol. The van der Waals surface area contributed by atoms with Crippen molar-refractivity contribution in [3.05, 3.63) is 27.3 Å². The molecule has 1 aliphatic carbocycles. The minimum atomic E-state index is 0.730. The standard InChI is InChI=1S/C13H16IN/c1-10-3-4-11(14)7-12(10)15-8-13(9-15)5-2-6-13/h3-4,7H,2,5-6,8-9H2,1H3. The first-order valence-corrected chi connectivity index (χ1v) is 6.78. The van der Waals surface area contributed by atoms with Crippen molar-refractivity contribution in [2.75, 3.05) is 18.0 Å². The smallest absolute Gasteiger partial charge is 0.0406 e. The largest absolute Gasteiger partial charge is 0.370 e. The lowest BCUT2D eigenvalue weighted by atomic mass is 9.63. The second-order valence-electron chi connectivity index (χ2n) is 5.14. The van der Waals surface area contributed by atoms with Crippen LogP contribution in [0.5, 0.6) is 0 Å². The van der Waals surface area contributed by atoms with E-state index in [2.05, 4.69) is 52.6 Å². The Kier molecular flexibility index (Phi) is 2.23. The molecule has 0 radical (unpaired) electrons. The lowest BCUT2D eigenvalue weighted by Gasteiger charge is -2.57. The third kappa shape index (κ3) is 1.57. The summed E-state index contributed by atoms with van der Waals surface area (Å²) in [6, 6.07) is 6.75. The number of hydrogen-bond donors (Lipinski definition) is 0. The van der Waals surface area contributed by atoms with Gasteiger partial charge in [-0.3, -0.25) is 0 Å².